The average molecular weight is 605 g/mol. The number of ether oxygens (including phenoxy) is 3. The van der Waals surface area contributed by atoms with Gasteiger partial charge in [0.25, 0.3) is 0 Å². The molecule has 12 heteroatoms. The zero-order valence-corrected chi connectivity index (χ0v) is 25.0. The Balaban J connectivity index is 1.50. The van der Waals surface area contributed by atoms with Gasteiger partial charge in [-0.3, -0.25) is 14.4 Å². The van der Waals surface area contributed by atoms with Crippen LogP contribution in [0.4, 0.5) is 0 Å². The van der Waals surface area contributed by atoms with Crippen molar-refractivity contribution in [2.45, 2.75) is 96.3 Å². The van der Waals surface area contributed by atoms with Crippen molar-refractivity contribution in [1.82, 2.24) is 0 Å². The molecule has 7 aliphatic rings. The summed E-state index contributed by atoms with van der Waals surface area (Å²) in [5.74, 6) is -9.70. The molecule has 0 aromatic heterocycles. The van der Waals surface area contributed by atoms with Gasteiger partial charge in [-0.1, -0.05) is 13.8 Å². The molecular formula is C31H40O12. The van der Waals surface area contributed by atoms with Gasteiger partial charge in [0.2, 0.25) is 0 Å². The fourth-order valence-electron chi connectivity index (χ4n) is 11.4. The number of Topliss-reactive ketones (excluding diaryl/α,β-unsaturated/α-hetero) is 2. The standard InChI is InChI=1S/C31H40O12/c1-9-7-14-29(5,30(6,40)27(39)43-14)19-16(9)31(10(2)32)17(22(19)36)15-18(24(26(31)38)41-11(3)33)28(4)12(20(34)21(15)35)8-13-23(42-13)25(28)37/h7,9,12-13,15-19,21-26,35-38,40H,8H2,1-6H3/t9-,12-,13+,15+,16+,17-,18-,19+,21-,22-,23+,24+,25+,26+,28+,29+,30-,31-/m1/s1. The van der Waals surface area contributed by atoms with E-state index >= 15 is 0 Å². The van der Waals surface area contributed by atoms with Crippen molar-refractivity contribution in [3.8, 4) is 0 Å². The zero-order valence-electron chi connectivity index (χ0n) is 25.0. The Labute approximate surface area is 248 Å². The van der Waals surface area contributed by atoms with Gasteiger partial charge in [-0.25, -0.2) is 4.79 Å². The van der Waals surface area contributed by atoms with Gasteiger partial charge in [-0.2, -0.15) is 0 Å². The monoisotopic (exact) mass is 604 g/mol. The van der Waals surface area contributed by atoms with Crippen molar-refractivity contribution in [3.05, 3.63) is 11.8 Å². The molecule has 18 atom stereocenters. The Bertz CT molecular complexity index is 1370. The minimum Gasteiger partial charge on any atom is -0.459 e. The van der Waals surface area contributed by atoms with E-state index < -0.39 is 123 Å². The summed E-state index contributed by atoms with van der Waals surface area (Å²) in [4.78, 5) is 53.7. The molecule has 0 spiro atoms. The Morgan fingerprint density at radius 2 is 1.63 bits per heavy atom. The molecule has 43 heavy (non-hydrogen) atoms. The van der Waals surface area contributed by atoms with Gasteiger partial charge < -0.3 is 39.7 Å². The zero-order chi connectivity index (χ0) is 31.5. The lowest BCUT2D eigenvalue weighted by molar-refractivity contribution is -0.264. The van der Waals surface area contributed by atoms with Gasteiger partial charge in [0, 0.05) is 41.9 Å². The first kappa shape index (κ1) is 29.5. The number of hydrogen-bond acceptors (Lipinski definition) is 12. The number of hydrogen-bond donors (Lipinski definition) is 5. The van der Waals surface area contributed by atoms with Gasteiger partial charge in [-0.05, 0) is 45.1 Å². The van der Waals surface area contributed by atoms with Gasteiger partial charge in [0.15, 0.2) is 11.4 Å². The minimum absolute atomic E-state index is 0.141. The lowest BCUT2D eigenvalue weighted by Crippen LogP contribution is -2.75. The molecule has 2 aliphatic heterocycles. The van der Waals surface area contributed by atoms with Crippen molar-refractivity contribution >= 4 is 23.5 Å². The van der Waals surface area contributed by atoms with Crippen LogP contribution in [-0.4, -0.2) is 97.4 Å². The van der Waals surface area contributed by atoms with Gasteiger partial charge in [0.05, 0.1) is 29.1 Å². The molecule has 0 radical (unpaired) electrons. The van der Waals surface area contributed by atoms with Crippen LogP contribution in [0.15, 0.2) is 11.8 Å². The maximum Gasteiger partial charge on any atom is 0.343 e. The second kappa shape index (κ2) is 8.52. The molecule has 0 unspecified atom stereocenters. The fourth-order valence-corrected chi connectivity index (χ4v) is 11.4. The summed E-state index contributed by atoms with van der Waals surface area (Å²) in [6.07, 6.45) is -6.76. The smallest absolute Gasteiger partial charge is 0.343 e. The number of ketones is 2. The van der Waals surface area contributed by atoms with E-state index in [2.05, 4.69) is 0 Å². The minimum atomic E-state index is -2.12. The molecular weight excluding hydrogens is 564 g/mol. The van der Waals surface area contributed by atoms with Crippen LogP contribution in [0.5, 0.6) is 0 Å². The van der Waals surface area contributed by atoms with E-state index in [1.165, 1.54) is 13.8 Å². The molecule has 2 heterocycles. The maximum atomic E-state index is 14.1. The van der Waals surface area contributed by atoms with E-state index in [1.807, 2.05) is 0 Å². The molecule has 4 saturated carbocycles. The third-order valence-corrected chi connectivity index (χ3v) is 13.4. The lowest BCUT2D eigenvalue weighted by atomic mass is 9.40. The summed E-state index contributed by atoms with van der Waals surface area (Å²) in [5, 5.41) is 60.0. The molecule has 7 rings (SSSR count). The number of rotatable bonds is 2. The highest BCUT2D eigenvalue weighted by molar-refractivity contribution is 5.90. The van der Waals surface area contributed by atoms with Gasteiger partial charge in [-0.15, -0.1) is 0 Å². The van der Waals surface area contributed by atoms with Crippen molar-refractivity contribution in [3.63, 3.8) is 0 Å². The van der Waals surface area contributed by atoms with Crippen LogP contribution < -0.4 is 0 Å². The van der Waals surface area contributed by atoms with Crippen LogP contribution in [0.1, 0.15) is 48.0 Å². The van der Waals surface area contributed by atoms with Crippen LogP contribution in [-0.2, 0) is 33.4 Å². The van der Waals surface area contributed by atoms with E-state index in [4.69, 9.17) is 14.2 Å². The summed E-state index contributed by atoms with van der Waals surface area (Å²) in [5.41, 5.74) is -6.89. The van der Waals surface area contributed by atoms with E-state index in [0.717, 1.165) is 6.92 Å². The summed E-state index contributed by atoms with van der Waals surface area (Å²) in [7, 11) is 0. The Hall–Kier alpha value is -2.22. The molecule has 12 nitrogen and oxygen atoms in total. The number of allylic oxidation sites excluding steroid dienone is 1. The first-order valence-corrected chi connectivity index (χ1v) is 15.2. The molecule has 6 fully saturated rings. The molecule has 0 aromatic rings. The molecule has 5 aliphatic carbocycles. The van der Waals surface area contributed by atoms with E-state index in [9.17, 15) is 44.7 Å². The number of carbonyl (C=O) groups is 4. The number of aliphatic hydroxyl groups excluding tert-OH is 4. The molecule has 0 amide bonds. The summed E-state index contributed by atoms with van der Waals surface area (Å²) in [6, 6.07) is 0. The second-order valence-electron chi connectivity index (χ2n) is 14.8. The number of epoxide rings is 1. The SMILES string of the molecule is CC(=O)O[C@H]1[C@H]2[C@H]([C@@H]3[C@@H](O)[C@@H]4[C@H]([C@H](C)C=C5OC(=O)[C@@](C)(O)[C@@]54C)[C@@]3(C(C)=O)[C@H]1O)[C@@H](O)C(=O)[C@H]1C[C@@H]3O[C@@H]3[C@H](O)[C@]21C. The summed E-state index contributed by atoms with van der Waals surface area (Å²) in [6.45, 7) is 8.69. The van der Waals surface area contributed by atoms with Gasteiger partial charge in [0.1, 0.15) is 36.0 Å². The highest BCUT2D eigenvalue weighted by Gasteiger charge is 2.84. The van der Waals surface area contributed by atoms with Crippen LogP contribution in [0.3, 0.4) is 0 Å². The molecule has 236 valence electrons. The predicted octanol–water partition coefficient (Wildman–Crippen LogP) is -0.731. The molecule has 0 bridgehead atoms. The first-order valence-electron chi connectivity index (χ1n) is 15.2. The highest BCUT2D eigenvalue weighted by atomic mass is 16.6. The Morgan fingerprint density at radius 1 is 0.977 bits per heavy atom. The topological polar surface area (TPSA) is 200 Å². The molecule has 2 saturated heterocycles. The van der Waals surface area contributed by atoms with E-state index in [-0.39, 0.29) is 18.3 Å². The van der Waals surface area contributed by atoms with Crippen molar-refractivity contribution in [1.29, 1.82) is 0 Å². The number of esters is 2. The Kier molecular flexibility index (Phi) is 5.85. The van der Waals surface area contributed by atoms with Crippen molar-refractivity contribution in [2.75, 3.05) is 0 Å². The van der Waals surface area contributed by atoms with Crippen LogP contribution in [0, 0.1) is 57.7 Å². The lowest BCUT2D eigenvalue weighted by Gasteiger charge is -2.64. The third kappa shape index (κ3) is 3.03. The Morgan fingerprint density at radius 3 is 2.23 bits per heavy atom. The summed E-state index contributed by atoms with van der Waals surface area (Å²) < 4.78 is 17.0. The molecule has 0 aromatic carbocycles. The normalized spacial score (nSPS) is 59.4. The van der Waals surface area contributed by atoms with Crippen LogP contribution in [0.25, 0.3) is 0 Å². The number of aliphatic hydroxyl groups is 5. The third-order valence-electron chi connectivity index (χ3n) is 13.4. The summed E-state index contributed by atoms with van der Waals surface area (Å²) >= 11 is 0. The quantitative estimate of drug-likeness (QED) is 0.196. The predicted molar refractivity (Wildman–Crippen MR) is 142 cm³/mol. The van der Waals surface area contributed by atoms with Crippen molar-refractivity contribution in [2.24, 2.45) is 57.7 Å². The highest BCUT2D eigenvalue weighted by Crippen LogP contribution is 2.75. The molecule has 5 N–H and O–H groups in total. The largest absolute Gasteiger partial charge is 0.459 e. The maximum absolute atomic E-state index is 14.1. The van der Waals surface area contributed by atoms with Gasteiger partial charge >= 0.3 is 11.9 Å². The number of carbonyl (C=O) groups excluding carboxylic acids is 4. The fraction of sp³-hybridized carbons (Fsp3) is 0.806. The van der Waals surface area contributed by atoms with Crippen LogP contribution in [0.2, 0.25) is 0 Å². The van der Waals surface area contributed by atoms with Crippen molar-refractivity contribution < 1.29 is 58.9 Å². The van der Waals surface area contributed by atoms with Crippen LogP contribution >= 0.6 is 0 Å². The average Bonchev–Trinajstić information content (AvgIpc) is 3.60. The number of fused-ring (bicyclic) bond motifs is 10. The second-order valence-corrected chi connectivity index (χ2v) is 14.8. The first-order chi connectivity index (χ1) is 19.9. The van der Waals surface area contributed by atoms with E-state index in [0.29, 0.717) is 0 Å². The van der Waals surface area contributed by atoms with E-state index in [1.54, 1.807) is 26.8 Å².